The maximum atomic E-state index is 2.90. The van der Waals surface area contributed by atoms with Crippen LogP contribution in [0.25, 0.3) is 33.0 Å². The number of fused-ring (bicyclic) bond motifs is 13. The Morgan fingerprint density at radius 2 is 1.06 bits per heavy atom. The fourth-order valence-corrected chi connectivity index (χ4v) is 16.4. The molecule has 9 aromatic rings. The van der Waals surface area contributed by atoms with Gasteiger partial charge in [-0.1, -0.05) is 199 Å². The highest BCUT2D eigenvalue weighted by molar-refractivity contribution is 8.19. The molecule has 0 aromatic heterocycles. The summed E-state index contributed by atoms with van der Waals surface area (Å²) in [4.78, 5) is 5.55. The van der Waals surface area contributed by atoms with Gasteiger partial charge in [0.1, 0.15) is 0 Å². The molecule has 0 amide bonds. The molecule has 1 atom stereocenters. The molecule has 326 valence electrons. The highest BCUT2D eigenvalue weighted by atomic mass is 32.2. The van der Waals surface area contributed by atoms with Gasteiger partial charge >= 0.3 is 0 Å². The van der Waals surface area contributed by atoms with Crippen molar-refractivity contribution in [2.24, 2.45) is 0 Å². The van der Waals surface area contributed by atoms with Crippen LogP contribution in [0.2, 0.25) is 0 Å². The van der Waals surface area contributed by atoms with Crippen molar-refractivity contribution in [3.8, 4) is 22.3 Å². The molecule has 2 aliphatic carbocycles. The Balaban J connectivity index is 1.18. The first-order chi connectivity index (χ1) is 32.5. The van der Waals surface area contributed by atoms with Crippen LogP contribution in [0.15, 0.2) is 198 Å². The van der Waals surface area contributed by atoms with Crippen molar-refractivity contribution in [1.82, 2.24) is 0 Å². The summed E-state index contributed by atoms with van der Waals surface area (Å²) in [7, 11) is 0. The lowest BCUT2D eigenvalue weighted by molar-refractivity contribution is 0.332. The molecule has 3 heterocycles. The molecule has 0 bridgehead atoms. The molecular formula is C64H54N2S. The molecule has 5 aliphatic rings. The van der Waals surface area contributed by atoms with Gasteiger partial charge in [-0.15, -0.1) is 11.1 Å². The van der Waals surface area contributed by atoms with Gasteiger partial charge in [-0.25, -0.2) is 0 Å². The predicted molar refractivity (Wildman–Crippen MR) is 283 cm³/mol. The van der Waals surface area contributed by atoms with Gasteiger partial charge in [0.25, 0.3) is 0 Å². The fraction of sp³-hybridized carbons (Fsp3) is 0.188. The average molecular weight is 883 g/mol. The highest BCUT2D eigenvalue weighted by Crippen LogP contribution is 2.75. The Morgan fingerprint density at radius 1 is 0.433 bits per heavy atom. The molecule has 67 heavy (non-hydrogen) atoms. The number of hydrogen-bond acceptors (Lipinski definition) is 2. The van der Waals surface area contributed by atoms with E-state index in [1.54, 1.807) is 0 Å². The van der Waals surface area contributed by atoms with E-state index in [1.807, 2.05) is 0 Å². The number of anilines is 5. The van der Waals surface area contributed by atoms with Crippen LogP contribution in [-0.2, 0) is 21.7 Å². The number of nitrogens with zero attached hydrogens (tertiary/aromatic N) is 2. The Morgan fingerprint density at radius 3 is 1.82 bits per heavy atom. The van der Waals surface area contributed by atoms with Crippen LogP contribution in [0.4, 0.5) is 28.4 Å². The summed E-state index contributed by atoms with van der Waals surface area (Å²) in [6, 6.07) is 72.8. The molecule has 0 saturated carbocycles. The normalized spacial score (nSPS) is 19.3. The fourth-order valence-electron chi connectivity index (χ4n) is 13.5. The van der Waals surface area contributed by atoms with E-state index in [1.165, 1.54) is 129 Å². The smallest absolute Gasteiger partial charge is 0.0742 e. The molecule has 0 N–H and O–H groups in total. The molecule has 1 unspecified atom stereocenters. The Bertz CT molecular complexity index is 3540. The second kappa shape index (κ2) is 13.4. The van der Waals surface area contributed by atoms with Crippen molar-refractivity contribution in [1.29, 1.82) is 0 Å². The third-order valence-electron chi connectivity index (χ3n) is 16.7. The van der Waals surface area contributed by atoms with Crippen LogP contribution < -0.4 is 9.21 Å². The van der Waals surface area contributed by atoms with Crippen molar-refractivity contribution in [2.75, 3.05) is 9.21 Å². The third kappa shape index (κ3) is 4.98. The van der Waals surface area contributed by atoms with Gasteiger partial charge < -0.3 is 4.90 Å². The SMILES string of the molecule is CC1(C)CCC(C)(C)c2cc(N3c4c(ccc5c4C(C)(C)c4ccccc4-5)-c4cc5ccccc5c5c4[SH]3c3cccc4c3N5c3ccccc3C4(c3ccccc3)c3ccccc3)ccc21. The topological polar surface area (TPSA) is 6.48 Å². The minimum atomic E-state index is -1.22. The minimum absolute atomic E-state index is 0.0457. The summed E-state index contributed by atoms with van der Waals surface area (Å²) >= 11 is -1.22. The first-order valence-electron chi connectivity index (χ1n) is 24.2. The number of hydrogen-bond donors (Lipinski definition) is 1. The van der Waals surface area contributed by atoms with Crippen molar-refractivity contribution in [3.63, 3.8) is 0 Å². The first-order valence-corrected chi connectivity index (χ1v) is 25.5. The monoisotopic (exact) mass is 882 g/mol. The van der Waals surface area contributed by atoms with E-state index in [-0.39, 0.29) is 16.2 Å². The van der Waals surface area contributed by atoms with Crippen LogP contribution >= 0.6 is 11.1 Å². The highest BCUT2D eigenvalue weighted by Gasteiger charge is 2.53. The summed E-state index contributed by atoms with van der Waals surface area (Å²) in [6.45, 7) is 14.8. The number of rotatable bonds is 3. The lowest BCUT2D eigenvalue weighted by Gasteiger charge is -2.55. The van der Waals surface area contributed by atoms with Crippen LogP contribution in [0.5, 0.6) is 0 Å². The summed E-state index contributed by atoms with van der Waals surface area (Å²) in [5.41, 5.74) is 22.3. The van der Waals surface area contributed by atoms with Gasteiger partial charge in [0, 0.05) is 31.7 Å². The van der Waals surface area contributed by atoms with E-state index in [9.17, 15) is 0 Å². The molecule has 3 heteroatoms. The van der Waals surface area contributed by atoms with Gasteiger partial charge in [-0.05, 0) is 115 Å². The first kappa shape index (κ1) is 39.4. The molecule has 9 aromatic carbocycles. The molecule has 14 rings (SSSR count). The van der Waals surface area contributed by atoms with Crippen LogP contribution in [0, 0.1) is 0 Å². The maximum Gasteiger partial charge on any atom is 0.0742 e. The zero-order valence-corrected chi connectivity index (χ0v) is 40.0. The van der Waals surface area contributed by atoms with E-state index >= 15 is 0 Å². The molecular weight excluding hydrogens is 829 g/mol. The van der Waals surface area contributed by atoms with Crippen molar-refractivity contribution in [2.45, 2.75) is 85.8 Å². The maximum absolute atomic E-state index is 2.90. The quantitative estimate of drug-likeness (QED) is 0.177. The van der Waals surface area contributed by atoms with Gasteiger partial charge in [0.2, 0.25) is 0 Å². The standard InChI is InChI=1S/C64H54N2S/c1-61(2)36-37-62(3,4)53-39-43(32-35-50(53)61)66-57-47(34-33-46-45-26-15-16-27-49(45)63(5,6)56(46)57)48-38-40-20-13-14-25-44(40)58-60(48)67(66)55-31-19-29-52-59(55)65(58)54-30-18-17-28-51(54)64(52,41-21-9-7-10-22-41)42-23-11-8-12-24-42/h7-35,38-39,67H,36-37H2,1-6H3. The van der Waals surface area contributed by atoms with Gasteiger partial charge in [-0.2, -0.15) is 0 Å². The van der Waals surface area contributed by atoms with E-state index < -0.39 is 16.5 Å². The zero-order valence-electron chi connectivity index (χ0n) is 39.2. The molecule has 3 aliphatic heterocycles. The average Bonchev–Trinajstić information content (AvgIpc) is 3.60. The van der Waals surface area contributed by atoms with E-state index in [0.29, 0.717) is 0 Å². The number of thiol groups is 1. The summed E-state index contributed by atoms with van der Waals surface area (Å²) in [5.74, 6) is 0. The van der Waals surface area contributed by atoms with Crippen LogP contribution in [0.3, 0.4) is 0 Å². The number of para-hydroxylation sites is 2. The predicted octanol–water partition coefficient (Wildman–Crippen LogP) is 17.1. The van der Waals surface area contributed by atoms with Crippen molar-refractivity contribution >= 4 is 50.3 Å². The second-order valence-electron chi connectivity index (χ2n) is 21.5. The summed E-state index contributed by atoms with van der Waals surface area (Å²) in [6.07, 6.45) is 2.35. The van der Waals surface area contributed by atoms with E-state index in [2.05, 4.69) is 239 Å². The Labute approximate surface area is 398 Å². The van der Waals surface area contributed by atoms with Crippen LogP contribution in [0.1, 0.15) is 98.9 Å². The van der Waals surface area contributed by atoms with Gasteiger partial charge in [0.15, 0.2) is 0 Å². The van der Waals surface area contributed by atoms with Gasteiger partial charge in [-0.3, -0.25) is 4.31 Å². The molecule has 2 nitrogen and oxygen atoms in total. The lowest BCUT2D eigenvalue weighted by atomic mass is 9.62. The van der Waals surface area contributed by atoms with Crippen molar-refractivity contribution in [3.05, 3.63) is 233 Å². The molecule has 0 fully saturated rings. The van der Waals surface area contributed by atoms with Crippen LogP contribution in [-0.4, -0.2) is 0 Å². The largest absolute Gasteiger partial charge is 0.307 e. The second-order valence-corrected chi connectivity index (χ2v) is 23.5. The zero-order chi connectivity index (χ0) is 45.2. The van der Waals surface area contributed by atoms with E-state index in [0.717, 1.165) is 0 Å². The van der Waals surface area contributed by atoms with Crippen molar-refractivity contribution < 1.29 is 0 Å². The number of benzene rings is 9. The Hall–Kier alpha value is -6.81. The van der Waals surface area contributed by atoms with E-state index in [4.69, 9.17) is 0 Å². The van der Waals surface area contributed by atoms with Gasteiger partial charge in [0.05, 0.1) is 33.9 Å². The molecule has 0 radical (unpaired) electrons. The summed E-state index contributed by atoms with van der Waals surface area (Å²) in [5, 5.41) is 2.56. The lowest BCUT2D eigenvalue weighted by Crippen LogP contribution is -2.40. The summed E-state index contributed by atoms with van der Waals surface area (Å²) < 4.78 is 2.90. The molecule has 0 spiro atoms. The third-order valence-corrected chi connectivity index (χ3v) is 19.3. The Kier molecular flexibility index (Phi) is 7.89. The minimum Gasteiger partial charge on any atom is -0.307 e. The molecule has 0 saturated heterocycles.